The van der Waals surface area contributed by atoms with Gasteiger partial charge in [-0.25, -0.2) is 0 Å². The molecule has 1 fully saturated rings. The summed E-state index contributed by atoms with van der Waals surface area (Å²) >= 11 is 0. The van der Waals surface area contributed by atoms with Gasteiger partial charge >= 0.3 is 0 Å². The van der Waals surface area contributed by atoms with Crippen molar-refractivity contribution in [3.05, 3.63) is 65.7 Å². The number of benzene rings is 2. The highest BCUT2D eigenvalue weighted by atomic mass is 16.6. The number of carbonyl (C=O) groups is 4. The highest BCUT2D eigenvalue weighted by Crippen LogP contribution is 2.29. The van der Waals surface area contributed by atoms with Gasteiger partial charge in [0.25, 0.3) is 0 Å². The molecule has 2 amide bonds. The second kappa shape index (κ2) is 11.9. The molecule has 8 heteroatoms. The van der Waals surface area contributed by atoms with Gasteiger partial charge in [-0.05, 0) is 49.9 Å². The van der Waals surface area contributed by atoms with Crippen molar-refractivity contribution in [3.63, 3.8) is 0 Å². The summed E-state index contributed by atoms with van der Waals surface area (Å²) in [5.74, 6) is -1.23. The predicted molar refractivity (Wildman–Crippen MR) is 135 cm³/mol. The Labute approximate surface area is 211 Å². The second-order valence-corrected chi connectivity index (χ2v) is 9.48. The number of ketones is 2. The topological polar surface area (TPSA) is 114 Å². The summed E-state index contributed by atoms with van der Waals surface area (Å²) in [5, 5.41) is 5.49. The van der Waals surface area contributed by atoms with Crippen molar-refractivity contribution in [2.75, 3.05) is 13.7 Å². The van der Waals surface area contributed by atoms with Gasteiger partial charge in [0.1, 0.15) is 11.4 Å². The minimum atomic E-state index is -0.909. The van der Waals surface area contributed by atoms with Crippen LogP contribution >= 0.6 is 0 Å². The van der Waals surface area contributed by atoms with Crippen LogP contribution in [0.2, 0.25) is 0 Å². The van der Waals surface area contributed by atoms with Gasteiger partial charge in [0.15, 0.2) is 11.6 Å². The molecule has 36 heavy (non-hydrogen) atoms. The van der Waals surface area contributed by atoms with E-state index in [-0.39, 0.29) is 30.3 Å². The van der Waals surface area contributed by atoms with Crippen LogP contribution in [0, 0.1) is 5.92 Å². The van der Waals surface area contributed by atoms with Gasteiger partial charge in [0.2, 0.25) is 11.8 Å². The molecule has 2 aromatic rings. The summed E-state index contributed by atoms with van der Waals surface area (Å²) in [6.07, 6.45) is 0.517. The molecule has 8 nitrogen and oxygen atoms in total. The number of nitrogens with one attached hydrogen (secondary N) is 2. The Kier molecular flexibility index (Phi) is 8.98. The normalized spacial score (nSPS) is 18.9. The van der Waals surface area contributed by atoms with E-state index < -0.39 is 29.5 Å². The minimum absolute atomic E-state index is 0.0840. The first-order chi connectivity index (χ1) is 17.1. The Hall–Kier alpha value is -3.52. The van der Waals surface area contributed by atoms with Crippen molar-refractivity contribution >= 4 is 23.4 Å². The van der Waals surface area contributed by atoms with Crippen LogP contribution in [0.25, 0.3) is 0 Å². The van der Waals surface area contributed by atoms with Crippen LogP contribution in [-0.2, 0) is 36.8 Å². The van der Waals surface area contributed by atoms with Gasteiger partial charge in [-0.15, -0.1) is 0 Å². The van der Waals surface area contributed by atoms with E-state index in [0.29, 0.717) is 18.8 Å². The molecule has 0 bridgehead atoms. The lowest BCUT2D eigenvalue weighted by molar-refractivity contribution is -0.134. The smallest absolute Gasteiger partial charge is 0.224 e. The Balaban J connectivity index is 1.81. The van der Waals surface area contributed by atoms with Gasteiger partial charge in [-0.3, -0.25) is 19.2 Å². The highest BCUT2D eigenvalue weighted by molar-refractivity contribution is 5.98. The summed E-state index contributed by atoms with van der Waals surface area (Å²) < 4.78 is 10.6. The van der Waals surface area contributed by atoms with Crippen LogP contribution in [0.5, 0.6) is 5.75 Å². The fourth-order valence-electron chi connectivity index (χ4n) is 4.08. The van der Waals surface area contributed by atoms with Crippen molar-refractivity contribution in [2.24, 2.45) is 5.92 Å². The van der Waals surface area contributed by atoms with E-state index in [4.69, 9.17) is 9.47 Å². The average molecular weight is 495 g/mol. The molecule has 0 radical (unpaired) electrons. The van der Waals surface area contributed by atoms with Crippen LogP contribution in [0.4, 0.5) is 0 Å². The molecule has 0 saturated carbocycles. The molecular formula is C28H34N2O6. The average Bonchev–Trinajstić information content (AvgIpc) is 3.61. The van der Waals surface area contributed by atoms with Gasteiger partial charge < -0.3 is 20.1 Å². The number of hydrogen-bond acceptors (Lipinski definition) is 6. The maximum absolute atomic E-state index is 13.5. The lowest BCUT2D eigenvalue weighted by Gasteiger charge is -2.24. The second-order valence-electron chi connectivity index (χ2n) is 9.48. The zero-order valence-corrected chi connectivity index (χ0v) is 21.2. The number of epoxide rings is 1. The molecule has 4 unspecified atom stereocenters. The molecule has 4 atom stereocenters. The molecule has 1 aliphatic rings. The quantitative estimate of drug-likeness (QED) is 0.414. The first kappa shape index (κ1) is 27.1. The number of methoxy groups -OCH3 is 1. The van der Waals surface area contributed by atoms with Gasteiger partial charge in [-0.2, -0.15) is 0 Å². The minimum Gasteiger partial charge on any atom is -0.497 e. The predicted octanol–water partition coefficient (Wildman–Crippen LogP) is 2.42. The first-order valence-electron chi connectivity index (χ1n) is 12.1. The number of ether oxygens (including phenoxy) is 2. The summed E-state index contributed by atoms with van der Waals surface area (Å²) in [4.78, 5) is 51.0. The monoisotopic (exact) mass is 494 g/mol. The van der Waals surface area contributed by atoms with Crippen LogP contribution in [-0.4, -0.2) is 54.8 Å². The maximum Gasteiger partial charge on any atom is 0.224 e. The zero-order valence-electron chi connectivity index (χ0n) is 21.2. The molecule has 0 aliphatic carbocycles. The van der Waals surface area contributed by atoms with Crippen LogP contribution in [0.1, 0.15) is 38.3 Å². The summed E-state index contributed by atoms with van der Waals surface area (Å²) in [5.41, 5.74) is 0.843. The number of hydrogen-bond donors (Lipinski definition) is 2. The van der Waals surface area contributed by atoms with Gasteiger partial charge in [0, 0.05) is 19.3 Å². The Morgan fingerprint density at radius 1 is 0.972 bits per heavy atom. The number of amides is 2. The van der Waals surface area contributed by atoms with Crippen LogP contribution in [0.3, 0.4) is 0 Å². The number of rotatable bonds is 13. The highest BCUT2D eigenvalue weighted by Gasteiger charge is 2.50. The van der Waals surface area contributed by atoms with Crippen molar-refractivity contribution in [2.45, 2.75) is 57.7 Å². The van der Waals surface area contributed by atoms with E-state index in [0.717, 1.165) is 11.1 Å². The summed E-state index contributed by atoms with van der Waals surface area (Å²) in [6, 6.07) is 15.2. The van der Waals surface area contributed by atoms with E-state index >= 15 is 0 Å². The molecule has 3 rings (SSSR count). The summed E-state index contributed by atoms with van der Waals surface area (Å²) in [7, 11) is 1.57. The standard InChI is InChI=1S/C28H34N2O6/c1-18(29-19(2)31)25(32)16-22(14-21-10-12-23(35-4)13-11-21)27(34)30-24(26(33)28(3)17-36-28)15-20-8-6-5-7-9-20/h5-13,18,22,24H,14-17H2,1-4H3,(H,29,31)(H,30,34). The fourth-order valence-corrected chi connectivity index (χ4v) is 4.08. The Morgan fingerprint density at radius 3 is 2.14 bits per heavy atom. The molecule has 2 N–H and O–H groups in total. The molecule has 0 spiro atoms. The van der Waals surface area contributed by atoms with Gasteiger partial charge in [-0.1, -0.05) is 42.5 Å². The van der Waals surface area contributed by atoms with E-state index in [9.17, 15) is 19.2 Å². The lowest BCUT2D eigenvalue weighted by Crippen LogP contribution is -2.50. The Morgan fingerprint density at radius 2 is 1.58 bits per heavy atom. The Bertz CT molecular complexity index is 1080. The SMILES string of the molecule is COc1ccc(CC(CC(=O)C(C)NC(C)=O)C(=O)NC(Cc2ccccc2)C(=O)C2(C)CO2)cc1. The molecule has 1 heterocycles. The fraction of sp³-hybridized carbons (Fsp3) is 0.429. The zero-order chi connectivity index (χ0) is 26.3. The van der Waals surface area contributed by atoms with Crippen molar-refractivity contribution in [1.82, 2.24) is 10.6 Å². The van der Waals surface area contributed by atoms with Crippen LogP contribution < -0.4 is 15.4 Å². The van der Waals surface area contributed by atoms with Gasteiger partial charge in [0.05, 0.1) is 25.8 Å². The lowest BCUT2D eigenvalue weighted by atomic mass is 9.89. The third-order valence-corrected chi connectivity index (χ3v) is 6.38. The molecule has 2 aromatic carbocycles. The maximum atomic E-state index is 13.5. The number of Topliss-reactive ketones (excluding diaryl/α,β-unsaturated/α-hetero) is 2. The molecule has 0 aromatic heterocycles. The van der Waals surface area contributed by atoms with E-state index in [1.807, 2.05) is 42.5 Å². The third kappa shape index (κ3) is 7.49. The van der Waals surface area contributed by atoms with Crippen molar-refractivity contribution in [1.29, 1.82) is 0 Å². The number of carbonyl (C=O) groups excluding carboxylic acids is 4. The first-order valence-corrected chi connectivity index (χ1v) is 12.1. The van der Waals surface area contributed by atoms with E-state index in [2.05, 4.69) is 10.6 Å². The molecule has 192 valence electrons. The molecule has 1 saturated heterocycles. The third-order valence-electron chi connectivity index (χ3n) is 6.38. The van der Waals surface area contributed by atoms with Crippen molar-refractivity contribution in [3.8, 4) is 5.75 Å². The van der Waals surface area contributed by atoms with Crippen LogP contribution in [0.15, 0.2) is 54.6 Å². The molecular weight excluding hydrogens is 460 g/mol. The van der Waals surface area contributed by atoms with E-state index in [1.54, 1.807) is 33.1 Å². The molecule has 1 aliphatic heterocycles. The van der Waals surface area contributed by atoms with E-state index in [1.165, 1.54) is 6.92 Å². The van der Waals surface area contributed by atoms with Crippen molar-refractivity contribution < 1.29 is 28.7 Å². The largest absolute Gasteiger partial charge is 0.497 e. The summed E-state index contributed by atoms with van der Waals surface area (Å²) in [6.45, 7) is 4.96.